The molecule has 3 nitrogen and oxygen atoms in total. The minimum absolute atomic E-state index is 0.169. The van der Waals surface area contributed by atoms with Crippen molar-refractivity contribution in [1.82, 2.24) is 5.01 Å². The Labute approximate surface area is 88.7 Å². The van der Waals surface area contributed by atoms with E-state index in [1.165, 1.54) is 11.6 Å². The third kappa shape index (κ3) is 1.81. The average Bonchev–Trinajstić information content (AvgIpc) is 2.29. The number of hydrogen-bond acceptors (Lipinski definition) is 3. The number of hydrazone groups is 1. The van der Waals surface area contributed by atoms with E-state index in [0.29, 0.717) is 0 Å². The summed E-state index contributed by atoms with van der Waals surface area (Å²) in [5.74, 6) is 0. The average molecular weight is 200 g/mol. The van der Waals surface area contributed by atoms with Crippen LogP contribution < -0.4 is 0 Å². The molecular weight excluding hydrogens is 188 g/mol. The van der Waals surface area contributed by atoms with E-state index in [4.69, 9.17) is 0 Å². The summed E-state index contributed by atoms with van der Waals surface area (Å²) >= 11 is 0. The topological polar surface area (TPSA) is 32.7 Å². The summed E-state index contributed by atoms with van der Waals surface area (Å²) in [6.07, 6.45) is 5.69. The molecule has 0 radical (unpaired) electrons. The maximum Gasteiger partial charge on any atom is 0.144 e. The number of fused-ring (bicyclic) bond motifs is 1. The van der Waals surface area contributed by atoms with Crippen molar-refractivity contribution in [1.29, 1.82) is 0 Å². The first-order chi connectivity index (χ1) is 7.33. The lowest BCUT2D eigenvalue weighted by molar-refractivity contribution is -0.104. The number of hydrogen-bond donors (Lipinski definition) is 0. The highest BCUT2D eigenvalue weighted by atomic mass is 16.1. The van der Waals surface area contributed by atoms with E-state index in [1.807, 2.05) is 24.4 Å². The number of aldehydes is 1. The predicted octanol–water partition coefficient (Wildman–Crippen LogP) is 2.11. The molecule has 1 atom stereocenters. The van der Waals surface area contributed by atoms with Crippen molar-refractivity contribution in [3.63, 3.8) is 0 Å². The van der Waals surface area contributed by atoms with E-state index in [1.54, 1.807) is 11.2 Å². The van der Waals surface area contributed by atoms with Crippen LogP contribution in [-0.4, -0.2) is 17.5 Å². The van der Waals surface area contributed by atoms with Gasteiger partial charge in [0.1, 0.15) is 6.29 Å². The largest absolute Gasteiger partial charge is 0.299 e. The van der Waals surface area contributed by atoms with Gasteiger partial charge in [0.25, 0.3) is 0 Å². The van der Waals surface area contributed by atoms with Crippen LogP contribution in [0.1, 0.15) is 24.1 Å². The third-order valence-corrected chi connectivity index (χ3v) is 2.49. The predicted molar refractivity (Wildman–Crippen MR) is 59.5 cm³/mol. The van der Waals surface area contributed by atoms with Crippen molar-refractivity contribution < 1.29 is 4.79 Å². The Balaban J connectivity index is 2.32. The van der Waals surface area contributed by atoms with Gasteiger partial charge in [0.15, 0.2) is 0 Å². The van der Waals surface area contributed by atoms with Gasteiger partial charge in [0.05, 0.1) is 12.3 Å². The van der Waals surface area contributed by atoms with E-state index in [0.717, 1.165) is 11.8 Å². The standard InChI is InChI=1S/C12H12N2O/c1-10-12-6-3-2-5-11(12)9-13-14(10)7-4-8-15/h2-10H,1H3/b7-4+. The fourth-order valence-electron chi connectivity index (χ4n) is 1.67. The normalized spacial score (nSPS) is 19.3. The van der Waals surface area contributed by atoms with Gasteiger partial charge >= 0.3 is 0 Å². The van der Waals surface area contributed by atoms with Gasteiger partial charge in [0.2, 0.25) is 0 Å². The summed E-state index contributed by atoms with van der Waals surface area (Å²) in [5, 5.41) is 6.03. The second-order valence-corrected chi connectivity index (χ2v) is 3.41. The number of allylic oxidation sites excluding steroid dienone is 1. The van der Waals surface area contributed by atoms with E-state index in [2.05, 4.69) is 18.1 Å². The first-order valence-corrected chi connectivity index (χ1v) is 4.86. The van der Waals surface area contributed by atoms with Crippen LogP contribution in [0.2, 0.25) is 0 Å². The summed E-state index contributed by atoms with van der Waals surface area (Å²) in [6, 6.07) is 8.29. The van der Waals surface area contributed by atoms with Gasteiger partial charge in [-0.3, -0.25) is 9.80 Å². The van der Waals surface area contributed by atoms with E-state index < -0.39 is 0 Å². The number of rotatable bonds is 2. The van der Waals surface area contributed by atoms with Gasteiger partial charge in [-0.25, -0.2) is 0 Å². The molecule has 1 aliphatic heterocycles. The fraction of sp³-hybridized carbons (Fsp3) is 0.167. The molecule has 1 aromatic rings. The Morgan fingerprint density at radius 2 is 2.20 bits per heavy atom. The van der Waals surface area contributed by atoms with Gasteiger partial charge in [-0.05, 0) is 24.1 Å². The molecule has 1 heterocycles. The summed E-state index contributed by atoms with van der Waals surface area (Å²) in [6.45, 7) is 2.06. The van der Waals surface area contributed by atoms with Crippen molar-refractivity contribution in [3.8, 4) is 0 Å². The Kier molecular flexibility index (Phi) is 2.63. The van der Waals surface area contributed by atoms with Crippen molar-refractivity contribution in [3.05, 3.63) is 47.7 Å². The van der Waals surface area contributed by atoms with Crippen LogP contribution in [0.5, 0.6) is 0 Å². The molecule has 0 fully saturated rings. The van der Waals surface area contributed by atoms with Gasteiger partial charge in [-0.15, -0.1) is 0 Å². The first-order valence-electron chi connectivity index (χ1n) is 4.86. The van der Waals surface area contributed by atoms with Crippen LogP contribution in [0.4, 0.5) is 0 Å². The maximum absolute atomic E-state index is 10.2. The van der Waals surface area contributed by atoms with Crippen LogP contribution in [0, 0.1) is 0 Å². The minimum atomic E-state index is 0.169. The molecular formula is C12H12N2O. The van der Waals surface area contributed by atoms with E-state index in [-0.39, 0.29) is 6.04 Å². The Bertz CT molecular complexity index is 423. The van der Waals surface area contributed by atoms with Crippen LogP contribution in [0.15, 0.2) is 41.6 Å². The van der Waals surface area contributed by atoms with Crippen LogP contribution in [0.3, 0.4) is 0 Å². The van der Waals surface area contributed by atoms with Gasteiger partial charge in [0, 0.05) is 6.20 Å². The fourth-order valence-corrected chi connectivity index (χ4v) is 1.67. The number of benzene rings is 1. The molecule has 1 aliphatic rings. The molecule has 76 valence electrons. The molecule has 0 aromatic heterocycles. The lowest BCUT2D eigenvalue weighted by atomic mass is 10.0. The highest BCUT2D eigenvalue weighted by molar-refractivity contribution is 5.82. The van der Waals surface area contributed by atoms with Gasteiger partial charge in [-0.1, -0.05) is 24.3 Å². The molecule has 0 aliphatic carbocycles. The second-order valence-electron chi connectivity index (χ2n) is 3.41. The van der Waals surface area contributed by atoms with E-state index >= 15 is 0 Å². The number of carbonyl (C=O) groups excluding carboxylic acids is 1. The smallest absolute Gasteiger partial charge is 0.144 e. The third-order valence-electron chi connectivity index (χ3n) is 2.49. The number of nitrogens with zero attached hydrogens (tertiary/aromatic N) is 2. The molecule has 15 heavy (non-hydrogen) atoms. The molecule has 1 aromatic carbocycles. The van der Waals surface area contributed by atoms with Gasteiger partial charge < -0.3 is 0 Å². The first kappa shape index (κ1) is 9.65. The monoisotopic (exact) mass is 200 g/mol. The molecule has 0 bridgehead atoms. The Morgan fingerprint density at radius 1 is 1.40 bits per heavy atom. The summed E-state index contributed by atoms with van der Waals surface area (Å²) in [4.78, 5) is 10.2. The Hall–Kier alpha value is -1.90. The summed E-state index contributed by atoms with van der Waals surface area (Å²) < 4.78 is 0. The molecule has 1 unspecified atom stereocenters. The molecule has 0 N–H and O–H groups in total. The SMILES string of the molecule is CC1c2ccccc2C=NN1/C=C/C=O. The molecule has 0 saturated carbocycles. The van der Waals surface area contributed by atoms with Crippen LogP contribution in [0.25, 0.3) is 0 Å². The second kappa shape index (κ2) is 4.09. The molecule has 2 rings (SSSR count). The molecule has 0 amide bonds. The van der Waals surface area contributed by atoms with E-state index in [9.17, 15) is 4.79 Å². The molecule has 3 heteroatoms. The lowest BCUT2D eigenvalue weighted by Crippen LogP contribution is -2.21. The summed E-state index contributed by atoms with van der Waals surface area (Å²) in [7, 11) is 0. The van der Waals surface area contributed by atoms with Crippen molar-refractivity contribution in [2.75, 3.05) is 0 Å². The zero-order valence-corrected chi connectivity index (χ0v) is 8.50. The molecule has 0 saturated heterocycles. The van der Waals surface area contributed by atoms with Crippen molar-refractivity contribution >= 4 is 12.5 Å². The van der Waals surface area contributed by atoms with Crippen molar-refractivity contribution in [2.45, 2.75) is 13.0 Å². The lowest BCUT2D eigenvalue weighted by Gasteiger charge is -2.27. The quantitative estimate of drug-likeness (QED) is 0.541. The maximum atomic E-state index is 10.2. The zero-order valence-electron chi connectivity index (χ0n) is 8.50. The highest BCUT2D eigenvalue weighted by Gasteiger charge is 2.17. The van der Waals surface area contributed by atoms with Crippen LogP contribution in [-0.2, 0) is 4.79 Å². The molecule has 0 spiro atoms. The van der Waals surface area contributed by atoms with Gasteiger partial charge in [-0.2, -0.15) is 5.10 Å². The van der Waals surface area contributed by atoms with Crippen molar-refractivity contribution in [2.24, 2.45) is 5.10 Å². The highest BCUT2D eigenvalue weighted by Crippen LogP contribution is 2.26. The minimum Gasteiger partial charge on any atom is -0.299 e. The Morgan fingerprint density at radius 3 is 3.00 bits per heavy atom. The zero-order chi connectivity index (χ0) is 10.7. The van der Waals surface area contributed by atoms with Crippen LogP contribution >= 0.6 is 0 Å². The number of carbonyl (C=O) groups is 1. The summed E-state index contributed by atoms with van der Waals surface area (Å²) in [5.41, 5.74) is 2.36.